The van der Waals surface area contributed by atoms with Gasteiger partial charge in [0.15, 0.2) is 16.6 Å². The Balaban J connectivity index is 1.22. The third-order valence-electron chi connectivity index (χ3n) is 4.95. The van der Waals surface area contributed by atoms with Crippen LogP contribution in [0.2, 0.25) is 0 Å². The molecule has 1 aromatic heterocycles. The largest absolute Gasteiger partial charge is 0.454 e. The number of nitrogens with zero attached hydrogens (tertiary/aromatic N) is 1. The molecule has 0 unspecified atom stereocenters. The second kappa shape index (κ2) is 9.32. The normalized spacial score (nSPS) is 15.9. The summed E-state index contributed by atoms with van der Waals surface area (Å²) in [6.45, 7) is 1.74. The minimum absolute atomic E-state index is 0.123. The Morgan fingerprint density at radius 2 is 1.88 bits per heavy atom. The van der Waals surface area contributed by atoms with Crippen molar-refractivity contribution >= 4 is 52.3 Å². The lowest BCUT2D eigenvalue weighted by Gasteiger charge is -2.12. The molecule has 2 aromatic carbocycles. The zero-order valence-corrected chi connectivity index (χ0v) is 19.5. The molecule has 5 rings (SSSR count). The average molecular weight is 495 g/mol. The molecule has 34 heavy (non-hydrogen) atoms. The Hall–Kier alpha value is -3.63. The van der Waals surface area contributed by atoms with Gasteiger partial charge in [0, 0.05) is 22.7 Å². The molecule has 3 amide bonds. The van der Waals surface area contributed by atoms with Gasteiger partial charge in [-0.1, -0.05) is 29.5 Å². The first-order valence-electron chi connectivity index (χ1n) is 10.2. The highest BCUT2D eigenvalue weighted by molar-refractivity contribution is 8.18. The van der Waals surface area contributed by atoms with E-state index in [9.17, 15) is 14.4 Å². The summed E-state index contributed by atoms with van der Waals surface area (Å²) in [7, 11) is 0. The molecular formula is C24H18N2O6S2. The molecular weight excluding hydrogens is 476 g/mol. The van der Waals surface area contributed by atoms with Gasteiger partial charge < -0.3 is 19.2 Å². The van der Waals surface area contributed by atoms with E-state index in [1.807, 2.05) is 31.2 Å². The van der Waals surface area contributed by atoms with Crippen LogP contribution in [-0.2, 0) is 9.59 Å². The summed E-state index contributed by atoms with van der Waals surface area (Å²) in [5.74, 6) is 0.514. The van der Waals surface area contributed by atoms with Crippen LogP contribution in [0.15, 0.2) is 73.9 Å². The second-order valence-corrected chi connectivity index (χ2v) is 9.53. The summed E-state index contributed by atoms with van der Waals surface area (Å²) in [4.78, 5) is 39.7. The van der Waals surface area contributed by atoms with E-state index in [-0.39, 0.29) is 11.7 Å². The predicted molar refractivity (Wildman–Crippen MR) is 128 cm³/mol. The van der Waals surface area contributed by atoms with Gasteiger partial charge in [0.1, 0.15) is 12.3 Å². The van der Waals surface area contributed by atoms with E-state index in [1.54, 1.807) is 30.3 Å². The Kier molecular flexibility index (Phi) is 6.08. The highest BCUT2D eigenvalue weighted by Gasteiger charge is 2.36. The standard InChI is InChI=1S/C24H18N2O6S2/c1-14-2-6-17(7-3-14)33-22-9-5-16(32-22)11-20-23(28)26(24(29)34-20)12-21(27)25-15-4-8-18-19(10-15)31-13-30-18/h2-11H,12-13H2,1H3,(H,25,27)/b20-11-. The maximum absolute atomic E-state index is 12.7. The fourth-order valence-corrected chi connectivity index (χ4v) is 4.87. The number of carbonyl (C=O) groups is 3. The number of fused-ring (bicyclic) bond motifs is 1. The van der Waals surface area contributed by atoms with E-state index in [4.69, 9.17) is 13.9 Å². The van der Waals surface area contributed by atoms with Gasteiger partial charge in [-0.05, 0) is 55.1 Å². The third-order valence-corrected chi connectivity index (χ3v) is 6.78. The number of hydrogen-bond acceptors (Lipinski definition) is 8. The number of thioether (sulfide) groups is 1. The Morgan fingerprint density at radius 1 is 1.09 bits per heavy atom. The molecule has 1 N–H and O–H groups in total. The minimum Gasteiger partial charge on any atom is -0.454 e. The zero-order valence-electron chi connectivity index (χ0n) is 17.9. The number of ether oxygens (including phenoxy) is 2. The third kappa shape index (κ3) is 4.82. The molecule has 10 heteroatoms. The van der Waals surface area contributed by atoms with Crippen molar-refractivity contribution in [3.8, 4) is 11.5 Å². The van der Waals surface area contributed by atoms with Gasteiger partial charge in [0.25, 0.3) is 11.1 Å². The van der Waals surface area contributed by atoms with E-state index in [2.05, 4.69) is 5.32 Å². The minimum atomic E-state index is -0.542. The molecule has 8 nitrogen and oxygen atoms in total. The van der Waals surface area contributed by atoms with Crippen LogP contribution in [0, 0.1) is 6.92 Å². The molecule has 0 aliphatic carbocycles. The fraction of sp³-hybridized carbons (Fsp3) is 0.125. The molecule has 0 radical (unpaired) electrons. The van der Waals surface area contributed by atoms with E-state index in [0.717, 1.165) is 21.6 Å². The predicted octanol–water partition coefficient (Wildman–Crippen LogP) is 5.14. The van der Waals surface area contributed by atoms with Crippen molar-refractivity contribution in [2.75, 3.05) is 18.7 Å². The Bertz CT molecular complexity index is 1320. The zero-order chi connectivity index (χ0) is 23.7. The van der Waals surface area contributed by atoms with E-state index in [1.165, 1.54) is 23.4 Å². The van der Waals surface area contributed by atoms with Crippen LogP contribution >= 0.6 is 23.5 Å². The van der Waals surface area contributed by atoms with Gasteiger partial charge in [0.05, 0.1) is 4.91 Å². The highest BCUT2D eigenvalue weighted by Crippen LogP contribution is 2.36. The van der Waals surface area contributed by atoms with Gasteiger partial charge in [-0.2, -0.15) is 0 Å². The maximum atomic E-state index is 12.7. The van der Waals surface area contributed by atoms with Crippen molar-refractivity contribution in [2.45, 2.75) is 16.9 Å². The van der Waals surface area contributed by atoms with Gasteiger partial charge in [-0.3, -0.25) is 19.3 Å². The number of hydrogen-bond donors (Lipinski definition) is 1. The van der Waals surface area contributed by atoms with Crippen molar-refractivity contribution in [3.63, 3.8) is 0 Å². The quantitative estimate of drug-likeness (QED) is 0.470. The average Bonchev–Trinajstić information content (AvgIpc) is 3.52. The van der Waals surface area contributed by atoms with Crippen LogP contribution in [0.4, 0.5) is 10.5 Å². The lowest BCUT2D eigenvalue weighted by atomic mass is 10.2. The SMILES string of the molecule is Cc1ccc(Sc2ccc(/C=C3\SC(=O)N(CC(=O)Nc4ccc5c(c4)OCO5)C3=O)o2)cc1. The van der Waals surface area contributed by atoms with Crippen LogP contribution in [0.25, 0.3) is 6.08 Å². The lowest BCUT2D eigenvalue weighted by molar-refractivity contribution is -0.127. The molecule has 0 saturated carbocycles. The van der Waals surface area contributed by atoms with Crippen LogP contribution in [0.3, 0.4) is 0 Å². The topological polar surface area (TPSA) is 98.1 Å². The summed E-state index contributed by atoms with van der Waals surface area (Å²) in [5, 5.41) is 2.81. The van der Waals surface area contributed by atoms with Crippen LogP contribution in [-0.4, -0.2) is 35.3 Å². The van der Waals surface area contributed by atoms with E-state index in [0.29, 0.717) is 28.0 Å². The van der Waals surface area contributed by atoms with Crippen LogP contribution in [0.5, 0.6) is 11.5 Å². The van der Waals surface area contributed by atoms with Crippen molar-refractivity contribution in [2.24, 2.45) is 0 Å². The Morgan fingerprint density at radius 3 is 2.71 bits per heavy atom. The monoisotopic (exact) mass is 494 g/mol. The number of aryl methyl sites for hydroxylation is 1. The van der Waals surface area contributed by atoms with Gasteiger partial charge in [0.2, 0.25) is 12.7 Å². The summed E-state index contributed by atoms with van der Waals surface area (Å²) in [6, 6.07) is 16.5. The molecule has 0 atom stereocenters. The fourth-order valence-electron chi connectivity index (χ4n) is 3.27. The molecule has 2 aliphatic heterocycles. The first kappa shape index (κ1) is 22.2. The molecule has 172 valence electrons. The number of amides is 3. The molecule has 3 aromatic rings. The smallest absolute Gasteiger partial charge is 0.294 e. The number of anilines is 1. The number of carbonyl (C=O) groups excluding carboxylic acids is 3. The van der Waals surface area contributed by atoms with Gasteiger partial charge in [-0.15, -0.1) is 0 Å². The summed E-state index contributed by atoms with van der Waals surface area (Å²) >= 11 is 2.23. The van der Waals surface area contributed by atoms with Gasteiger partial charge >= 0.3 is 0 Å². The number of nitrogens with one attached hydrogen (secondary N) is 1. The van der Waals surface area contributed by atoms with Crippen molar-refractivity contribution in [1.82, 2.24) is 4.90 Å². The summed E-state index contributed by atoms with van der Waals surface area (Å²) in [6.07, 6.45) is 1.51. The van der Waals surface area contributed by atoms with Gasteiger partial charge in [-0.25, -0.2) is 0 Å². The van der Waals surface area contributed by atoms with E-state index >= 15 is 0 Å². The molecule has 0 spiro atoms. The summed E-state index contributed by atoms with van der Waals surface area (Å²) in [5.41, 5.74) is 1.65. The Labute approximate surface area is 203 Å². The first-order chi connectivity index (χ1) is 16.4. The van der Waals surface area contributed by atoms with Crippen LogP contribution in [0.1, 0.15) is 11.3 Å². The second-order valence-electron chi connectivity index (χ2n) is 7.46. The molecule has 1 saturated heterocycles. The maximum Gasteiger partial charge on any atom is 0.294 e. The molecule has 1 fully saturated rings. The molecule has 2 aliphatic rings. The first-order valence-corrected chi connectivity index (χ1v) is 11.9. The molecule has 3 heterocycles. The van der Waals surface area contributed by atoms with Crippen LogP contribution < -0.4 is 14.8 Å². The summed E-state index contributed by atoms with van der Waals surface area (Å²) < 4.78 is 16.3. The number of imide groups is 1. The van der Waals surface area contributed by atoms with Crippen molar-refractivity contribution in [1.29, 1.82) is 0 Å². The van der Waals surface area contributed by atoms with Crippen molar-refractivity contribution < 1.29 is 28.3 Å². The number of benzene rings is 2. The number of furan rings is 1. The highest BCUT2D eigenvalue weighted by atomic mass is 32.2. The van der Waals surface area contributed by atoms with Crippen molar-refractivity contribution in [3.05, 3.63) is 70.8 Å². The van der Waals surface area contributed by atoms with E-state index < -0.39 is 23.6 Å². The number of rotatable bonds is 6. The molecule has 0 bridgehead atoms. The lowest BCUT2D eigenvalue weighted by Crippen LogP contribution is -2.36.